The average Bonchev–Trinajstić information content (AvgIpc) is 3.64. The molecule has 18 heteroatoms. The molecule has 3 saturated heterocycles. The summed E-state index contributed by atoms with van der Waals surface area (Å²) in [6.07, 6.45) is 1.43. The van der Waals surface area contributed by atoms with Gasteiger partial charge in [-0.1, -0.05) is 0 Å². The monoisotopic (exact) mass is 749 g/mol. The molecule has 4 aromatic rings. The lowest BCUT2D eigenvalue weighted by molar-refractivity contribution is -0.137. The standard InChI is InChI=1S/C36H36F5N11O2/c1-20-14-26(43)47-31(28(20)36(39,40)41)32-29(38)30-25(16-45-32)33(49-34(48-30)54-19-35-8-3-11-51(35)17-22(37)15-35)50-12-13-52(24(18-50)6-9-42)27(53)5-4-23-7-10-44-21(2)46-23/h4-5,7,10,14,16,22,24H,3,6,8,11-13,15,17-19H2,1-2H3,(H2,43,47)/b5-4+/t22-,24+,35+/m1/s1. The van der Waals surface area contributed by atoms with Gasteiger partial charge >= 0.3 is 12.2 Å². The van der Waals surface area contributed by atoms with Gasteiger partial charge in [0.05, 0.1) is 40.7 Å². The van der Waals surface area contributed by atoms with Gasteiger partial charge in [-0.3, -0.25) is 14.7 Å². The molecule has 1 amide bonds. The van der Waals surface area contributed by atoms with Crippen LogP contribution in [0.15, 0.2) is 30.6 Å². The predicted octanol–water partition coefficient (Wildman–Crippen LogP) is 4.83. The van der Waals surface area contributed by atoms with Crippen LogP contribution in [0.3, 0.4) is 0 Å². The summed E-state index contributed by atoms with van der Waals surface area (Å²) in [5.41, 5.74) is 2.39. The third kappa shape index (κ3) is 7.07. The molecule has 7 heterocycles. The second-order valence-corrected chi connectivity index (χ2v) is 13.8. The molecule has 0 saturated carbocycles. The molecule has 7 rings (SSSR count). The quantitative estimate of drug-likeness (QED) is 0.193. The van der Waals surface area contributed by atoms with E-state index in [9.17, 15) is 27.6 Å². The molecule has 3 fully saturated rings. The van der Waals surface area contributed by atoms with E-state index in [-0.39, 0.29) is 85.6 Å². The maximum absolute atomic E-state index is 16.7. The van der Waals surface area contributed by atoms with Gasteiger partial charge in [0.25, 0.3) is 0 Å². The van der Waals surface area contributed by atoms with Crippen LogP contribution in [0.2, 0.25) is 0 Å². The van der Waals surface area contributed by atoms with Gasteiger partial charge in [0, 0.05) is 51.1 Å². The molecular weight excluding hydrogens is 713 g/mol. The van der Waals surface area contributed by atoms with Crippen molar-refractivity contribution in [3.63, 3.8) is 0 Å². The van der Waals surface area contributed by atoms with Gasteiger partial charge in [0.15, 0.2) is 5.82 Å². The molecule has 3 aliphatic rings. The van der Waals surface area contributed by atoms with Crippen molar-refractivity contribution in [2.24, 2.45) is 0 Å². The Labute approximate surface area is 306 Å². The zero-order chi connectivity index (χ0) is 38.4. The highest BCUT2D eigenvalue weighted by atomic mass is 19.4. The van der Waals surface area contributed by atoms with Crippen LogP contribution in [0, 0.1) is 31.0 Å². The average molecular weight is 750 g/mol. The summed E-state index contributed by atoms with van der Waals surface area (Å²) in [6.45, 7) is 4.30. The number of fused-ring (bicyclic) bond motifs is 2. The minimum Gasteiger partial charge on any atom is -0.461 e. The number of alkyl halides is 4. The smallest absolute Gasteiger partial charge is 0.418 e. The Kier molecular flexibility index (Phi) is 9.77. The highest BCUT2D eigenvalue weighted by Gasteiger charge is 2.49. The van der Waals surface area contributed by atoms with Crippen LogP contribution in [-0.2, 0) is 11.0 Å². The number of nitriles is 1. The van der Waals surface area contributed by atoms with E-state index >= 15 is 4.39 Å². The Balaban J connectivity index is 1.27. The van der Waals surface area contributed by atoms with Gasteiger partial charge in [0.2, 0.25) is 5.91 Å². The molecule has 13 nitrogen and oxygen atoms in total. The lowest BCUT2D eigenvalue weighted by Gasteiger charge is -2.41. The summed E-state index contributed by atoms with van der Waals surface area (Å²) in [6, 6.07) is 3.92. The first-order valence-electron chi connectivity index (χ1n) is 17.4. The van der Waals surface area contributed by atoms with Crippen LogP contribution in [-0.4, -0.2) is 103 Å². The van der Waals surface area contributed by atoms with Crippen molar-refractivity contribution in [1.29, 1.82) is 5.26 Å². The Morgan fingerprint density at radius 2 is 1.94 bits per heavy atom. The summed E-state index contributed by atoms with van der Waals surface area (Å²) >= 11 is 0. The first-order valence-corrected chi connectivity index (χ1v) is 17.4. The number of aryl methyl sites for hydroxylation is 2. The molecular formula is C36H36F5N11O2. The molecule has 54 heavy (non-hydrogen) atoms. The molecule has 0 radical (unpaired) electrons. The number of anilines is 2. The largest absolute Gasteiger partial charge is 0.461 e. The number of nitrogen functional groups attached to an aromatic ring is 1. The van der Waals surface area contributed by atoms with Crippen molar-refractivity contribution in [1.82, 2.24) is 39.7 Å². The lowest BCUT2D eigenvalue weighted by atomic mass is 9.95. The summed E-state index contributed by atoms with van der Waals surface area (Å²) in [4.78, 5) is 43.9. The SMILES string of the molecule is Cc1nccc(/C=C/C(=O)N2CCN(c3nc(OC[C@@]45CCCN4C[C@H](F)C5)nc4c(F)c(-c5nc(N)cc(C)c5C(F)(F)F)ncc34)C[C@@H]2CC#N)n1. The van der Waals surface area contributed by atoms with E-state index in [1.54, 1.807) is 35.1 Å². The van der Waals surface area contributed by atoms with Gasteiger partial charge in [-0.05, 0) is 57.0 Å². The number of piperazine rings is 1. The molecule has 3 aliphatic heterocycles. The molecule has 0 bridgehead atoms. The number of pyridine rings is 2. The van der Waals surface area contributed by atoms with E-state index in [0.29, 0.717) is 24.5 Å². The molecule has 0 unspecified atom stereocenters. The molecule has 3 atom stereocenters. The zero-order valence-electron chi connectivity index (χ0n) is 29.4. The predicted molar refractivity (Wildman–Crippen MR) is 187 cm³/mol. The molecule has 282 valence electrons. The maximum Gasteiger partial charge on any atom is 0.418 e. The van der Waals surface area contributed by atoms with E-state index in [1.165, 1.54) is 19.2 Å². The van der Waals surface area contributed by atoms with Crippen molar-refractivity contribution < 1.29 is 31.5 Å². The van der Waals surface area contributed by atoms with E-state index in [0.717, 1.165) is 12.5 Å². The van der Waals surface area contributed by atoms with Crippen LogP contribution in [0.25, 0.3) is 28.4 Å². The number of halogens is 5. The van der Waals surface area contributed by atoms with Crippen LogP contribution in [0.1, 0.15) is 48.3 Å². The third-order valence-corrected chi connectivity index (χ3v) is 10.2. The van der Waals surface area contributed by atoms with Gasteiger partial charge in [-0.15, -0.1) is 0 Å². The lowest BCUT2D eigenvalue weighted by Crippen LogP contribution is -2.55. The fourth-order valence-corrected chi connectivity index (χ4v) is 7.80. The summed E-state index contributed by atoms with van der Waals surface area (Å²) in [5, 5.41) is 9.77. The van der Waals surface area contributed by atoms with Crippen LogP contribution < -0.4 is 15.4 Å². The number of rotatable bonds is 8. The normalized spacial score (nSPS) is 21.9. The first-order chi connectivity index (χ1) is 25.8. The minimum absolute atomic E-state index is 0.00362. The highest BCUT2D eigenvalue weighted by molar-refractivity contribution is 5.93. The van der Waals surface area contributed by atoms with Crippen molar-refractivity contribution in [2.75, 3.05) is 50.0 Å². The number of aromatic nitrogens is 6. The molecule has 0 aliphatic carbocycles. The number of ether oxygens (including phenoxy) is 1. The van der Waals surface area contributed by atoms with Gasteiger partial charge in [0.1, 0.15) is 47.1 Å². The van der Waals surface area contributed by atoms with E-state index < -0.39 is 46.7 Å². The summed E-state index contributed by atoms with van der Waals surface area (Å²) in [7, 11) is 0. The minimum atomic E-state index is -4.91. The van der Waals surface area contributed by atoms with Gasteiger partial charge < -0.3 is 20.3 Å². The Bertz CT molecular complexity index is 2180. The van der Waals surface area contributed by atoms with Crippen molar-refractivity contribution in [3.05, 3.63) is 59.1 Å². The van der Waals surface area contributed by atoms with Crippen molar-refractivity contribution in [2.45, 2.75) is 63.5 Å². The van der Waals surface area contributed by atoms with E-state index in [1.807, 2.05) is 4.90 Å². The van der Waals surface area contributed by atoms with Crippen molar-refractivity contribution in [3.8, 4) is 23.5 Å². The van der Waals surface area contributed by atoms with Gasteiger partial charge in [-0.2, -0.15) is 28.4 Å². The fourth-order valence-electron chi connectivity index (χ4n) is 7.80. The highest BCUT2D eigenvalue weighted by Crippen LogP contribution is 2.42. The van der Waals surface area contributed by atoms with E-state index in [2.05, 4.69) is 36.0 Å². The van der Waals surface area contributed by atoms with Crippen LogP contribution >= 0.6 is 0 Å². The number of carbonyl (C=O) groups is 1. The number of amides is 1. The second kappa shape index (κ2) is 14.3. The third-order valence-electron chi connectivity index (χ3n) is 10.2. The fraction of sp³-hybridized carbons (Fsp3) is 0.444. The number of hydrogen-bond acceptors (Lipinski definition) is 12. The number of nitrogens with zero attached hydrogens (tertiary/aromatic N) is 10. The Morgan fingerprint density at radius 3 is 2.70 bits per heavy atom. The Hall–Kier alpha value is -5.57. The van der Waals surface area contributed by atoms with E-state index in [4.69, 9.17) is 10.5 Å². The van der Waals surface area contributed by atoms with Crippen LogP contribution in [0.4, 0.5) is 33.6 Å². The zero-order valence-corrected chi connectivity index (χ0v) is 29.4. The van der Waals surface area contributed by atoms with Crippen molar-refractivity contribution >= 4 is 34.5 Å². The topological polar surface area (TPSA) is 163 Å². The number of nitrogens with two attached hydrogens (primary N) is 1. The molecule has 2 N–H and O–H groups in total. The maximum atomic E-state index is 16.7. The number of hydrogen-bond donors (Lipinski definition) is 1. The summed E-state index contributed by atoms with van der Waals surface area (Å²) in [5.74, 6) is -1.15. The van der Waals surface area contributed by atoms with Crippen LogP contribution in [0.5, 0.6) is 6.01 Å². The second-order valence-electron chi connectivity index (χ2n) is 13.8. The van der Waals surface area contributed by atoms with Gasteiger partial charge in [-0.25, -0.2) is 23.7 Å². The molecule has 0 aromatic carbocycles. The first kappa shape index (κ1) is 36.8. The Morgan fingerprint density at radius 1 is 1.13 bits per heavy atom. The molecule has 0 spiro atoms. The number of carbonyl (C=O) groups excluding carboxylic acids is 1. The summed E-state index contributed by atoms with van der Waals surface area (Å²) < 4.78 is 80.2. The molecule has 4 aromatic heterocycles.